The molecule has 0 spiro atoms. The van der Waals surface area contributed by atoms with Gasteiger partial charge in [0.2, 0.25) is 5.88 Å². The maximum Gasteiger partial charge on any atom is 0.233 e. The SMILES string of the molecule is CC(C)(CO)Oc1cc[nH]n1. The molecule has 0 bridgehead atoms. The van der Waals surface area contributed by atoms with Crippen molar-refractivity contribution in [1.82, 2.24) is 10.2 Å². The minimum atomic E-state index is -0.560. The third-order valence-electron chi connectivity index (χ3n) is 1.24. The number of hydrogen-bond donors (Lipinski definition) is 2. The van der Waals surface area contributed by atoms with E-state index in [1.807, 2.05) is 0 Å². The summed E-state index contributed by atoms with van der Waals surface area (Å²) in [4.78, 5) is 0. The Morgan fingerprint density at radius 2 is 2.45 bits per heavy atom. The summed E-state index contributed by atoms with van der Waals surface area (Å²) in [6, 6.07) is 1.71. The molecule has 0 amide bonds. The first kappa shape index (κ1) is 8.07. The molecule has 0 saturated carbocycles. The monoisotopic (exact) mass is 156 g/mol. The standard InChI is InChI=1S/C7H12N2O2/c1-7(2,5-10)11-6-3-4-8-9-6/h3-4,10H,5H2,1-2H3,(H,8,9). The van der Waals surface area contributed by atoms with Crippen molar-refractivity contribution >= 4 is 0 Å². The molecule has 4 heteroatoms. The second-order valence-corrected chi connectivity index (χ2v) is 2.93. The van der Waals surface area contributed by atoms with E-state index >= 15 is 0 Å². The van der Waals surface area contributed by atoms with Crippen LogP contribution in [-0.4, -0.2) is 27.5 Å². The molecule has 0 aromatic carbocycles. The second-order valence-electron chi connectivity index (χ2n) is 2.93. The molecule has 1 aromatic heterocycles. The molecule has 62 valence electrons. The highest BCUT2D eigenvalue weighted by Crippen LogP contribution is 2.13. The predicted octanol–water partition coefficient (Wildman–Crippen LogP) is 0.559. The highest BCUT2D eigenvalue weighted by Gasteiger charge is 2.18. The van der Waals surface area contributed by atoms with Crippen molar-refractivity contribution in [2.75, 3.05) is 6.61 Å². The van der Waals surface area contributed by atoms with Crippen molar-refractivity contribution in [2.24, 2.45) is 0 Å². The Labute approximate surface area is 65.2 Å². The van der Waals surface area contributed by atoms with Crippen LogP contribution in [0, 0.1) is 0 Å². The van der Waals surface area contributed by atoms with E-state index in [1.54, 1.807) is 26.1 Å². The van der Waals surface area contributed by atoms with Gasteiger partial charge in [-0.2, -0.15) is 0 Å². The first-order valence-corrected chi connectivity index (χ1v) is 3.44. The molecule has 0 aliphatic carbocycles. The molecule has 0 saturated heterocycles. The summed E-state index contributed by atoms with van der Waals surface area (Å²) in [6.45, 7) is 3.56. The number of rotatable bonds is 3. The largest absolute Gasteiger partial charge is 0.468 e. The van der Waals surface area contributed by atoms with Crippen molar-refractivity contribution in [3.63, 3.8) is 0 Å². The molecule has 0 fully saturated rings. The molecule has 0 aliphatic heterocycles. The summed E-state index contributed by atoms with van der Waals surface area (Å²) >= 11 is 0. The Morgan fingerprint density at radius 3 is 2.91 bits per heavy atom. The van der Waals surface area contributed by atoms with Gasteiger partial charge in [0.15, 0.2) is 0 Å². The summed E-state index contributed by atoms with van der Waals surface area (Å²) < 4.78 is 5.30. The molecule has 0 unspecified atom stereocenters. The van der Waals surface area contributed by atoms with Crippen LogP contribution in [0.4, 0.5) is 0 Å². The van der Waals surface area contributed by atoms with Crippen molar-refractivity contribution < 1.29 is 9.84 Å². The Morgan fingerprint density at radius 1 is 1.73 bits per heavy atom. The quantitative estimate of drug-likeness (QED) is 0.672. The lowest BCUT2D eigenvalue weighted by molar-refractivity contribution is 0.0373. The molecule has 1 rings (SSSR count). The van der Waals surface area contributed by atoms with Crippen LogP contribution in [0.15, 0.2) is 12.3 Å². The van der Waals surface area contributed by atoms with Crippen molar-refractivity contribution in [3.8, 4) is 5.88 Å². The van der Waals surface area contributed by atoms with Gasteiger partial charge in [0.05, 0.1) is 6.61 Å². The van der Waals surface area contributed by atoms with Gasteiger partial charge in [-0.15, -0.1) is 5.10 Å². The lowest BCUT2D eigenvalue weighted by Crippen LogP contribution is -2.32. The smallest absolute Gasteiger partial charge is 0.233 e. The van der Waals surface area contributed by atoms with E-state index in [0.717, 1.165) is 0 Å². The van der Waals surface area contributed by atoms with E-state index in [1.165, 1.54) is 0 Å². The number of nitrogens with zero attached hydrogens (tertiary/aromatic N) is 1. The van der Waals surface area contributed by atoms with Crippen molar-refractivity contribution in [3.05, 3.63) is 12.3 Å². The fraction of sp³-hybridized carbons (Fsp3) is 0.571. The van der Waals surface area contributed by atoms with Crippen LogP contribution in [0.1, 0.15) is 13.8 Å². The van der Waals surface area contributed by atoms with Crippen LogP contribution >= 0.6 is 0 Å². The molecule has 4 nitrogen and oxygen atoms in total. The van der Waals surface area contributed by atoms with Gasteiger partial charge in [0.1, 0.15) is 5.60 Å². The number of aromatic nitrogens is 2. The maximum atomic E-state index is 8.83. The average molecular weight is 156 g/mol. The van der Waals surface area contributed by atoms with Crippen LogP contribution in [0.2, 0.25) is 0 Å². The van der Waals surface area contributed by atoms with Gasteiger partial charge in [-0.1, -0.05) is 0 Å². The van der Waals surface area contributed by atoms with Gasteiger partial charge in [0.25, 0.3) is 0 Å². The number of H-pyrrole nitrogens is 1. The minimum Gasteiger partial charge on any atom is -0.468 e. The molecule has 0 radical (unpaired) electrons. The van der Waals surface area contributed by atoms with Gasteiger partial charge in [-0.05, 0) is 13.8 Å². The summed E-state index contributed by atoms with van der Waals surface area (Å²) in [5.41, 5.74) is -0.560. The van der Waals surface area contributed by atoms with Crippen molar-refractivity contribution in [2.45, 2.75) is 19.4 Å². The molecule has 2 N–H and O–H groups in total. The summed E-state index contributed by atoms with van der Waals surface area (Å²) in [7, 11) is 0. The van der Waals surface area contributed by atoms with E-state index in [9.17, 15) is 0 Å². The molecule has 1 heterocycles. The first-order chi connectivity index (χ1) is 5.14. The van der Waals surface area contributed by atoms with Crippen LogP contribution in [0.5, 0.6) is 5.88 Å². The van der Waals surface area contributed by atoms with Crippen LogP contribution in [-0.2, 0) is 0 Å². The van der Waals surface area contributed by atoms with Gasteiger partial charge in [0, 0.05) is 12.3 Å². The highest BCUT2D eigenvalue weighted by atomic mass is 16.5. The highest BCUT2D eigenvalue weighted by molar-refractivity contribution is 5.05. The third kappa shape index (κ3) is 2.23. The fourth-order valence-electron chi connectivity index (χ4n) is 0.619. The van der Waals surface area contributed by atoms with Crippen LogP contribution < -0.4 is 4.74 Å². The molecular weight excluding hydrogens is 144 g/mol. The maximum absolute atomic E-state index is 8.83. The van der Waals surface area contributed by atoms with Gasteiger partial charge in [-0.3, -0.25) is 5.10 Å². The molecule has 11 heavy (non-hydrogen) atoms. The molecule has 0 atom stereocenters. The number of hydrogen-bond acceptors (Lipinski definition) is 3. The zero-order valence-corrected chi connectivity index (χ0v) is 6.66. The third-order valence-corrected chi connectivity index (χ3v) is 1.24. The number of nitrogens with one attached hydrogen (secondary N) is 1. The topological polar surface area (TPSA) is 58.1 Å². The van der Waals surface area contributed by atoms with E-state index in [0.29, 0.717) is 5.88 Å². The Bertz CT molecular complexity index is 206. The van der Waals surface area contributed by atoms with Crippen LogP contribution in [0.3, 0.4) is 0 Å². The van der Waals surface area contributed by atoms with Gasteiger partial charge in [-0.25, -0.2) is 0 Å². The Kier molecular flexibility index (Phi) is 2.14. The number of aromatic amines is 1. The van der Waals surface area contributed by atoms with Crippen molar-refractivity contribution in [1.29, 1.82) is 0 Å². The molecule has 1 aromatic rings. The zero-order chi connectivity index (χ0) is 8.32. The van der Waals surface area contributed by atoms with Crippen LogP contribution in [0.25, 0.3) is 0 Å². The number of aliphatic hydroxyl groups excluding tert-OH is 1. The average Bonchev–Trinajstić information content (AvgIpc) is 2.39. The zero-order valence-electron chi connectivity index (χ0n) is 6.66. The van der Waals surface area contributed by atoms with E-state index in [4.69, 9.17) is 9.84 Å². The van der Waals surface area contributed by atoms with E-state index in [-0.39, 0.29) is 6.61 Å². The number of ether oxygens (including phenoxy) is 1. The molecular formula is C7H12N2O2. The lowest BCUT2D eigenvalue weighted by atomic mass is 10.1. The fourth-order valence-corrected chi connectivity index (χ4v) is 0.619. The Balaban J connectivity index is 2.56. The summed E-state index contributed by atoms with van der Waals surface area (Å²) in [6.07, 6.45) is 1.67. The van der Waals surface area contributed by atoms with Gasteiger partial charge >= 0.3 is 0 Å². The summed E-state index contributed by atoms with van der Waals surface area (Å²) in [5.74, 6) is 0.504. The summed E-state index contributed by atoms with van der Waals surface area (Å²) in [5, 5.41) is 15.2. The predicted molar refractivity (Wildman–Crippen MR) is 40.4 cm³/mol. The van der Waals surface area contributed by atoms with E-state index < -0.39 is 5.60 Å². The van der Waals surface area contributed by atoms with Gasteiger partial charge < -0.3 is 9.84 Å². The second kappa shape index (κ2) is 2.92. The number of aliphatic hydroxyl groups is 1. The van der Waals surface area contributed by atoms with E-state index in [2.05, 4.69) is 10.2 Å². The normalized spacial score (nSPS) is 11.5. The first-order valence-electron chi connectivity index (χ1n) is 3.44. The Hall–Kier alpha value is -1.03. The molecule has 0 aliphatic rings. The lowest BCUT2D eigenvalue weighted by Gasteiger charge is -2.21. The minimum absolute atomic E-state index is 0.0279.